The van der Waals surface area contributed by atoms with Crippen molar-refractivity contribution in [3.63, 3.8) is 0 Å². The summed E-state index contributed by atoms with van der Waals surface area (Å²) in [6.07, 6.45) is 3.15. The standard InChI is InChI=1S/C21H16Cl2N2O3/c22-14-7-8-15(23)18(12-14)28-17-9-10-24-20(26)19(17)21(27)25-11-3-5-13-4-1-2-6-16(13)25/h1-2,4,6-10,12H,3,5,11H2,(H,24,26). The second-order valence-corrected chi connectivity index (χ2v) is 7.26. The molecule has 0 saturated heterocycles. The first-order valence-corrected chi connectivity index (χ1v) is 9.54. The van der Waals surface area contributed by atoms with Crippen LogP contribution in [0.3, 0.4) is 0 Å². The number of nitrogens with zero attached hydrogens (tertiary/aromatic N) is 1. The molecule has 1 aromatic heterocycles. The number of benzene rings is 2. The van der Waals surface area contributed by atoms with E-state index in [0.717, 1.165) is 24.1 Å². The molecule has 0 unspecified atom stereocenters. The maximum absolute atomic E-state index is 13.3. The summed E-state index contributed by atoms with van der Waals surface area (Å²) >= 11 is 12.2. The van der Waals surface area contributed by atoms with Gasteiger partial charge >= 0.3 is 0 Å². The van der Waals surface area contributed by atoms with E-state index in [4.69, 9.17) is 27.9 Å². The number of anilines is 1. The van der Waals surface area contributed by atoms with Crippen molar-refractivity contribution in [1.29, 1.82) is 0 Å². The Morgan fingerprint density at radius 1 is 1.07 bits per heavy atom. The summed E-state index contributed by atoms with van der Waals surface area (Å²) in [5.74, 6) is -0.0176. The first-order valence-electron chi connectivity index (χ1n) is 8.79. The highest BCUT2D eigenvalue weighted by atomic mass is 35.5. The Labute approximate surface area is 171 Å². The third kappa shape index (κ3) is 3.51. The van der Waals surface area contributed by atoms with E-state index < -0.39 is 11.5 Å². The Morgan fingerprint density at radius 2 is 1.89 bits per heavy atom. The summed E-state index contributed by atoms with van der Waals surface area (Å²) < 4.78 is 5.82. The summed E-state index contributed by atoms with van der Waals surface area (Å²) in [6.45, 7) is 0.529. The molecule has 4 rings (SSSR count). The Kier molecular flexibility index (Phi) is 5.11. The van der Waals surface area contributed by atoms with Gasteiger partial charge in [-0.3, -0.25) is 9.59 Å². The lowest BCUT2D eigenvalue weighted by molar-refractivity contribution is 0.0981. The number of fused-ring (bicyclic) bond motifs is 1. The van der Waals surface area contributed by atoms with E-state index in [1.54, 1.807) is 17.0 Å². The van der Waals surface area contributed by atoms with Gasteiger partial charge in [0, 0.05) is 29.5 Å². The van der Waals surface area contributed by atoms with Crippen molar-refractivity contribution in [1.82, 2.24) is 4.98 Å². The minimum atomic E-state index is -0.524. The molecule has 2 aromatic carbocycles. The van der Waals surface area contributed by atoms with Gasteiger partial charge in [-0.15, -0.1) is 0 Å². The quantitative estimate of drug-likeness (QED) is 0.650. The average molecular weight is 415 g/mol. The third-order valence-electron chi connectivity index (χ3n) is 4.61. The first-order chi connectivity index (χ1) is 13.5. The maximum atomic E-state index is 13.3. The second-order valence-electron chi connectivity index (χ2n) is 6.41. The number of pyridine rings is 1. The van der Waals surface area contributed by atoms with Crippen molar-refractivity contribution >= 4 is 34.8 Å². The minimum Gasteiger partial charge on any atom is -0.455 e. The van der Waals surface area contributed by atoms with Crippen molar-refractivity contribution in [2.45, 2.75) is 12.8 Å². The normalized spacial score (nSPS) is 13.1. The number of aromatic nitrogens is 1. The number of carbonyl (C=O) groups excluding carboxylic acids is 1. The maximum Gasteiger partial charge on any atom is 0.267 e. The number of aromatic amines is 1. The Hall–Kier alpha value is -2.76. The van der Waals surface area contributed by atoms with Crippen LogP contribution in [0.4, 0.5) is 5.69 Å². The number of halogens is 2. The van der Waals surface area contributed by atoms with Crippen molar-refractivity contribution < 1.29 is 9.53 Å². The van der Waals surface area contributed by atoms with E-state index in [0.29, 0.717) is 16.6 Å². The van der Waals surface area contributed by atoms with Crippen LogP contribution in [-0.4, -0.2) is 17.4 Å². The fourth-order valence-corrected chi connectivity index (χ4v) is 3.62. The van der Waals surface area contributed by atoms with E-state index in [1.165, 1.54) is 18.3 Å². The summed E-state index contributed by atoms with van der Waals surface area (Å²) in [6, 6.07) is 14.0. The summed E-state index contributed by atoms with van der Waals surface area (Å²) in [4.78, 5) is 30.0. The molecular formula is C21H16Cl2N2O3. The van der Waals surface area contributed by atoms with Crippen LogP contribution in [-0.2, 0) is 6.42 Å². The molecule has 0 spiro atoms. The minimum absolute atomic E-state index is 0.0738. The van der Waals surface area contributed by atoms with Crippen LogP contribution < -0.4 is 15.2 Å². The number of amides is 1. The number of H-pyrrole nitrogens is 1. The molecule has 0 bridgehead atoms. The van der Waals surface area contributed by atoms with Crippen LogP contribution in [0, 0.1) is 0 Å². The van der Waals surface area contributed by atoms with Crippen LogP contribution in [0.2, 0.25) is 10.0 Å². The molecule has 1 amide bonds. The molecule has 2 heterocycles. The lowest BCUT2D eigenvalue weighted by Crippen LogP contribution is -2.38. The Morgan fingerprint density at radius 3 is 2.75 bits per heavy atom. The molecule has 1 aliphatic heterocycles. The molecule has 7 heteroatoms. The van der Waals surface area contributed by atoms with Gasteiger partial charge in [0.15, 0.2) is 0 Å². The number of hydrogen-bond acceptors (Lipinski definition) is 3. The van der Waals surface area contributed by atoms with E-state index in [2.05, 4.69) is 4.98 Å². The zero-order valence-corrected chi connectivity index (χ0v) is 16.3. The first kappa shape index (κ1) is 18.6. The molecule has 28 heavy (non-hydrogen) atoms. The largest absolute Gasteiger partial charge is 0.455 e. The molecule has 142 valence electrons. The monoisotopic (exact) mass is 414 g/mol. The van der Waals surface area contributed by atoms with Gasteiger partial charge in [-0.2, -0.15) is 0 Å². The van der Waals surface area contributed by atoms with Gasteiger partial charge in [0.2, 0.25) is 0 Å². The second kappa shape index (κ2) is 7.70. The van der Waals surface area contributed by atoms with Crippen LogP contribution in [0.1, 0.15) is 22.3 Å². The molecule has 1 aliphatic rings. The number of hydrogen-bond donors (Lipinski definition) is 1. The van der Waals surface area contributed by atoms with Gasteiger partial charge in [0.1, 0.15) is 17.1 Å². The fraction of sp³-hybridized carbons (Fsp3) is 0.143. The summed E-state index contributed by atoms with van der Waals surface area (Å²) in [7, 11) is 0. The SMILES string of the molecule is O=C(c1c(Oc2cc(Cl)ccc2Cl)cc[nH]c1=O)N1CCCc2ccccc21. The molecule has 5 nitrogen and oxygen atoms in total. The lowest BCUT2D eigenvalue weighted by Gasteiger charge is -2.29. The topological polar surface area (TPSA) is 62.4 Å². The van der Waals surface area contributed by atoms with E-state index in [9.17, 15) is 9.59 Å². The highest BCUT2D eigenvalue weighted by Crippen LogP contribution is 2.34. The molecular weight excluding hydrogens is 399 g/mol. The smallest absolute Gasteiger partial charge is 0.267 e. The van der Waals surface area contributed by atoms with Crippen molar-refractivity contribution in [3.05, 3.63) is 86.3 Å². The number of para-hydroxylation sites is 1. The molecule has 1 N–H and O–H groups in total. The number of carbonyl (C=O) groups is 1. The van der Waals surface area contributed by atoms with Gasteiger partial charge < -0.3 is 14.6 Å². The lowest BCUT2D eigenvalue weighted by atomic mass is 10.0. The van der Waals surface area contributed by atoms with Crippen LogP contribution in [0.25, 0.3) is 0 Å². The molecule has 3 aromatic rings. The van der Waals surface area contributed by atoms with Crippen molar-refractivity contribution in [2.75, 3.05) is 11.4 Å². The zero-order chi connectivity index (χ0) is 19.7. The van der Waals surface area contributed by atoms with Gasteiger partial charge in [0.05, 0.1) is 5.02 Å². The van der Waals surface area contributed by atoms with Gasteiger partial charge in [-0.25, -0.2) is 0 Å². The number of aryl methyl sites for hydroxylation is 1. The van der Waals surface area contributed by atoms with Crippen LogP contribution in [0.5, 0.6) is 11.5 Å². The molecule has 0 fully saturated rings. The highest BCUT2D eigenvalue weighted by molar-refractivity contribution is 6.34. The van der Waals surface area contributed by atoms with Crippen molar-refractivity contribution in [3.8, 4) is 11.5 Å². The number of rotatable bonds is 3. The highest BCUT2D eigenvalue weighted by Gasteiger charge is 2.28. The predicted molar refractivity (Wildman–Crippen MR) is 110 cm³/mol. The zero-order valence-electron chi connectivity index (χ0n) is 14.7. The number of nitrogens with one attached hydrogen (secondary N) is 1. The van der Waals surface area contributed by atoms with Crippen LogP contribution in [0.15, 0.2) is 59.5 Å². The Balaban J connectivity index is 1.76. The van der Waals surface area contributed by atoms with Crippen molar-refractivity contribution in [2.24, 2.45) is 0 Å². The number of ether oxygens (including phenoxy) is 1. The molecule has 0 radical (unpaired) electrons. The van der Waals surface area contributed by atoms with Gasteiger partial charge in [-0.05, 0) is 42.7 Å². The third-order valence-corrected chi connectivity index (χ3v) is 5.15. The van der Waals surface area contributed by atoms with E-state index >= 15 is 0 Å². The Bertz CT molecular complexity index is 1110. The van der Waals surface area contributed by atoms with E-state index in [-0.39, 0.29) is 17.1 Å². The molecule has 0 saturated carbocycles. The van der Waals surface area contributed by atoms with Crippen LogP contribution >= 0.6 is 23.2 Å². The molecule has 0 atom stereocenters. The fourth-order valence-electron chi connectivity index (χ4n) is 3.30. The van der Waals surface area contributed by atoms with Gasteiger partial charge in [0.25, 0.3) is 11.5 Å². The summed E-state index contributed by atoms with van der Waals surface area (Å²) in [5.41, 5.74) is 1.29. The van der Waals surface area contributed by atoms with Gasteiger partial charge in [-0.1, -0.05) is 41.4 Å². The predicted octanol–water partition coefficient (Wildman–Crippen LogP) is 5.07. The summed E-state index contributed by atoms with van der Waals surface area (Å²) in [5, 5.41) is 0.758. The van der Waals surface area contributed by atoms with E-state index in [1.807, 2.05) is 24.3 Å². The average Bonchev–Trinajstić information content (AvgIpc) is 2.70. The molecule has 0 aliphatic carbocycles.